The molecule has 0 spiro atoms. The third-order valence-corrected chi connectivity index (χ3v) is 5.09. The fourth-order valence-corrected chi connectivity index (χ4v) is 3.47. The first-order valence-corrected chi connectivity index (χ1v) is 10.9. The minimum absolute atomic E-state index is 0.897. The Hall–Kier alpha value is -2.75. The third kappa shape index (κ3) is 6.11. The van der Waals surface area contributed by atoms with Gasteiger partial charge in [0.2, 0.25) is 0 Å². The van der Waals surface area contributed by atoms with Gasteiger partial charge in [0.25, 0.3) is 0 Å². The first-order valence-electron chi connectivity index (χ1n) is 10.9. The molecule has 0 atom stereocenters. The van der Waals surface area contributed by atoms with Gasteiger partial charge in [-0.1, -0.05) is 51.7 Å². The summed E-state index contributed by atoms with van der Waals surface area (Å²) in [6, 6.07) is 16.3. The Morgan fingerprint density at radius 2 is 1.17 bits per heavy atom. The van der Waals surface area contributed by atoms with Gasteiger partial charge in [-0.25, -0.2) is 4.98 Å². The predicted octanol–water partition coefficient (Wildman–Crippen LogP) is 6.39. The van der Waals surface area contributed by atoms with Gasteiger partial charge in [-0.3, -0.25) is 9.97 Å². The Morgan fingerprint density at radius 1 is 0.655 bits per heavy atom. The van der Waals surface area contributed by atoms with E-state index in [1.807, 2.05) is 48.8 Å². The van der Waals surface area contributed by atoms with E-state index in [0.717, 1.165) is 35.9 Å². The SMILES string of the molecule is CCCCCN(CCCCC)c1cc(-c2ccccn2)nc(-c2ccccn2)c1. The standard InChI is InChI=1S/C25H32N4/c1-3-5-11-17-29(18-12-6-4-2)21-19-24(22-13-7-9-15-26-22)28-25(20-21)23-14-8-10-16-27-23/h7-10,13-16,19-20H,3-6,11-12,17-18H2,1-2H3. The lowest BCUT2D eigenvalue weighted by Crippen LogP contribution is -2.26. The first-order chi connectivity index (χ1) is 14.3. The summed E-state index contributed by atoms with van der Waals surface area (Å²) in [6.45, 7) is 6.66. The van der Waals surface area contributed by atoms with Crippen molar-refractivity contribution in [3.8, 4) is 22.8 Å². The third-order valence-electron chi connectivity index (χ3n) is 5.09. The summed E-state index contributed by atoms with van der Waals surface area (Å²) in [5.41, 5.74) is 4.81. The molecule has 0 aliphatic heterocycles. The van der Waals surface area contributed by atoms with Gasteiger partial charge in [0.05, 0.1) is 22.8 Å². The van der Waals surface area contributed by atoms with Crippen LogP contribution in [0.25, 0.3) is 22.8 Å². The molecule has 4 heteroatoms. The van der Waals surface area contributed by atoms with Gasteiger partial charge < -0.3 is 4.90 Å². The summed E-state index contributed by atoms with van der Waals surface area (Å²) in [6.07, 6.45) is 11.1. The minimum atomic E-state index is 0.897. The smallest absolute Gasteiger partial charge is 0.0914 e. The van der Waals surface area contributed by atoms with Crippen LogP contribution in [0.1, 0.15) is 52.4 Å². The number of anilines is 1. The second-order valence-electron chi connectivity index (χ2n) is 7.43. The zero-order chi connectivity index (χ0) is 20.3. The maximum atomic E-state index is 4.90. The monoisotopic (exact) mass is 388 g/mol. The number of unbranched alkanes of at least 4 members (excludes halogenated alkanes) is 4. The fraction of sp³-hybridized carbons (Fsp3) is 0.400. The van der Waals surface area contributed by atoms with Gasteiger partial charge in [0.1, 0.15) is 0 Å². The summed E-state index contributed by atoms with van der Waals surface area (Å²) in [5, 5.41) is 0. The number of pyridine rings is 3. The van der Waals surface area contributed by atoms with Crippen molar-refractivity contribution in [1.29, 1.82) is 0 Å². The van der Waals surface area contributed by atoms with Crippen LogP contribution in [-0.2, 0) is 0 Å². The molecule has 0 N–H and O–H groups in total. The number of nitrogens with zero attached hydrogens (tertiary/aromatic N) is 4. The van der Waals surface area contributed by atoms with Crippen molar-refractivity contribution in [3.05, 3.63) is 60.9 Å². The van der Waals surface area contributed by atoms with Gasteiger partial charge in [-0.15, -0.1) is 0 Å². The Labute approximate surface area is 175 Å². The molecule has 3 rings (SSSR count). The molecule has 0 unspecified atom stereocenters. The van der Waals surface area contributed by atoms with Crippen LogP contribution in [0.4, 0.5) is 5.69 Å². The van der Waals surface area contributed by atoms with Crippen molar-refractivity contribution in [1.82, 2.24) is 15.0 Å². The van der Waals surface area contributed by atoms with Gasteiger partial charge in [0.15, 0.2) is 0 Å². The lowest BCUT2D eigenvalue weighted by molar-refractivity contribution is 0.636. The summed E-state index contributed by atoms with van der Waals surface area (Å²) in [7, 11) is 0. The Kier molecular flexibility index (Phi) is 8.17. The van der Waals surface area contributed by atoms with E-state index in [2.05, 4.69) is 40.8 Å². The second-order valence-corrected chi connectivity index (χ2v) is 7.43. The number of aromatic nitrogens is 3. The fourth-order valence-electron chi connectivity index (χ4n) is 3.47. The molecule has 0 bridgehead atoms. The molecular weight excluding hydrogens is 356 g/mol. The number of rotatable bonds is 11. The molecule has 0 fully saturated rings. The number of hydrogen-bond acceptors (Lipinski definition) is 4. The van der Waals surface area contributed by atoms with E-state index < -0.39 is 0 Å². The van der Waals surface area contributed by atoms with E-state index in [1.165, 1.54) is 44.2 Å². The van der Waals surface area contributed by atoms with Crippen LogP contribution in [-0.4, -0.2) is 28.0 Å². The summed E-state index contributed by atoms with van der Waals surface area (Å²) in [4.78, 5) is 16.5. The van der Waals surface area contributed by atoms with Crippen LogP contribution in [0.5, 0.6) is 0 Å². The van der Waals surface area contributed by atoms with E-state index in [1.54, 1.807) is 0 Å². The van der Waals surface area contributed by atoms with Gasteiger partial charge in [-0.2, -0.15) is 0 Å². The molecule has 29 heavy (non-hydrogen) atoms. The zero-order valence-electron chi connectivity index (χ0n) is 17.7. The van der Waals surface area contributed by atoms with Crippen LogP contribution in [0.15, 0.2) is 60.9 Å². The molecule has 4 nitrogen and oxygen atoms in total. The average molecular weight is 389 g/mol. The molecule has 3 heterocycles. The van der Waals surface area contributed by atoms with Crippen LogP contribution in [0.3, 0.4) is 0 Å². The molecule has 0 radical (unpaired) electrons. The van der Waals surface area contributed by atoms with Crippen LogP contribution >= 0.6 is 0 Å². The molecule has 152 valence electrons. The summed E-state index contributed by atoms with van der Waals surface area (Å²) in [5.74, 6) is 0. The maximum Gasteiger partial charge on any atom is 0.0914 e. The quantitative estimate of drug-likeness (QED) is 0.357. The van der Waals surface area contributed by atoms with Crippen LogP contribution in [0.2, 0.25) is 0 Å². The van der Waals surface area contributed by atoms with E-state index >= 15 is 0 Å². The highest BCUT2D eigenvalue weighted by molar-refractivity contribution is 5.69. The van der Waals surface area contributed by atoms with Crippen molar-refractivity contribution in [2.45, 2.75) is 52.4 Å². The normalized spacial score (nSPS) is 10.8. The van der Waals surface area contributed by atoms with Gasteiger partial charge in [-0.05, 0) is 49.2 Å². The molecular formula is C25H32N4. The van der Waals surface area contributed by atoms with Crippen molar-refractivity contribution in [3.63, 3.8) is 0 Å². The number of hydrogen-bond donors (Lipinski definition) is 0. The molecule has 0 aliphatic carbocycles. The summed E-state index contributed by atoms with van der Waals surface area (Å²) >= 11 is 0. The van der Waals surface area contributed by atoms with Crippen molar-refractivity contribution >= 4 is 5.69 Å². The highest BCUT2D eigenvalue weighted by Gasteiger charge is 2.13. The molecule has 3 aromatic heterocycles. The predicted molar refractivity (Wildman–Crippen MR) is 122 cm³/mol. The first kappa shape index (κ1) is 21.0. The average Bonchev–Trinajstić information content (AvgIpc) is 2.79. The molecule has 0 aliphatic rings. The van der Waals surface area contributed by atoms with Crippen molar-refractivity contribution in [2.75, 3.05) is 18.0 Å². The van der Waals surface area contributed by atoms with E-state index in [4.69, 9.17) is 4.98 Å². The molecule has 3 aromatic rings. The Morgan fingerprint density at radius 3 is 1.59 bits per heavy atom. The maximum absolute atomic E-state index is 4.90. The molecule has 0 amide bonds. The highest BCUT2D eigenvalue weighted by Crippen LogP contribution is 2.28. The lowest BCUT2D eigenvalue weighted by Gasteiger charge is -2.26. The Bertz CT molecular complexity index is 781. The van der Waals surface area contributed by atoms with Crippen molar-refractivity contribution in [2.24, 2.45) is 0 Å². The van der Waals surface area contributed by atoms with Gasteiger partial charge in [0, 0.05) is 31.2 Å². The molecule has 0 saturated heterocycles. The molecule has 0 saturated carbocycles. The topological polar surface area (TPSA) is 41.9 Å². The summed E-state index contributed by atoms with van der Waals surface area (Å²) < 4.78 is 0. The largest absolute Gasteiger partial charge is 0.371 e. The zero-order valence-corrected chi connectivity index (χ0v) is 17.7. The molecule has 0 aromatic carbocycles. The van der Waals surface area contributed by atoms with Crippen molar-refractivity contribution < 1.29 is 0 Å². The van der Waals surface area contributed by atoms with Crippen LogP contribution in [0, 0.1) is 0 Å². The second kappa shape index (κ2) is 11.3. The van der Waals surface area contributed by atoms with Crippen LogP contribution < -0.4 is 4.90 Å². The van der Waals surface area contributed by atoms with E-state index in [0.29, 0.717) is 0 Å². The van der Waals surface area contributed by atoms with E-state index in [9.17, 15) is 0 Å². The highest BCUT2D eigenvalue weighted by atomic mass is 15.1. The lowest BCUT2D eigenvalue weighted by atomic mass is 10.1. The van der Waals surface area contributed by atoms with E-state index in [-0.39, 0.29) is 0 Å². The Balaban J connectivity index is 1.99. The van der Waals surface area contributed by atoms with Gasteiger partial charge >= 0.3 is 0 Å². The minimum Gasteiger partial charge on any atom is -0.371 e.